The zero-order chi connectivity index (χ0) is 40.6. The van der Waals surface area contributed by atoms with Crippen molar-refractivity contribution in [2.75, 3.05) is 19.4 Å². The summed E-state index contributed by atoms with van der Waals surface area (Å²) in [6.07, 6.45) is 5.86. The van der Waals surface area contributed by atoms with Gasteiger partial charge in [-0.05, 0) is 60.6 Å². The molecule has 0 unspecified atom stereocenters. The summed E-state index contributed by atoms with van der Waals surface area (Å²) in [6, 6.07) is 21.5. The standard InChI is InChI=1S/C19H12Cl2N6S.C18H8Cl2FN5S.CH5N/c1-23-15-6-10(4-5-24-15)17-13(8-22)16(12-3-2-11(20)7-14(12)21)18(28-17)19-25-9-26-27-19;19-10-1-2-11(13(20)6-10)15-12(7-22)16(9-3-4-23-14(21)5-9)27-17(15)18-24-8-25-26-18;1-2/h2-7,9H,1H3,(H,23,24)(H,25,26,27);1-6,8H,(H,24,25,26);2H2,1H3. The topological polar surface area (TPSA) is 195 Å². The highest BCUT2D eigenvalue weighted by atomic mass is 35.5. The van der Waals surface area contributed by atoms with Gasteiger partial charge in [0.25, 0.3) is 0 Å². The van der Waals surface area contributed by atoms with E-state index in [1.807, 2.05) is 18.2 Å². The minimum absolute atomic E-state index is 0.362. The van der Waals surface area contributed by atoms with E-state index < -0.39 is 5.95 Å². The van der Waals surface area contributed by atoms with Gasteiger partial charge in [0.2, 0.25) is 5.95 Å². The van der Waals surface area contributed by atoms with Crippen LogP contribution in [0, 0.1) is 28.6 Å². The van der Waals surface area contributed by atoms with Gasteiger partial charge in [0.05, 0.1) is 30.6 Å². The van der Waals surface area contributed by atoms with Gasteiger partial charge in [-0.2, -0.15) is 25.1 Å². The highest BCUT2D eigenvalue weighted by Gasteiger charge is 2.26. The Morgan fingerprint density at radius 3 is 1.53 bits per heavy atom. The summed E-state index contributed by atoms with van der Waals surface area (Å²) in [5.41, 5.74) is 9.41. The number of nitrogens with one attached hydrogen (secondary N) is 3. The largest absolute Gasteiger partial charge is 0.373 e. The van der Waals surface area contributed by atoms with Crippen LogP contribution in [0.3, 0.4) is 0 Å². The fourth-order valence-corrected chi connectivity index (χ4v) is 9.02. The number of benzene rings is 2. The number of thiophene rings is 2. The fourth-order valence-electron chi connectivity index (χ4n) is 5.60. The number of H-pyrrole nitrogens is 2. The highest BCUT2D eigenvalue weighted by Crippen LogP contribution is 2.49. The second-order valence-electron chi connectivity index (χ2n) is 11.2. The summed E-state index contributed by atoms with van der Waals surface area (Å²) in [4.78, 5) is 19.1. The van der Waals surface area contributed by atoms with E-state index in [2.05, 4.69) is 63.5 Å². The van der Waals surface area contributed by atoms with Crippen LogP contribution >= 0.6 is 69.1 Å². The first-order valence-electron chi connectivity index (χ1n) is 16.3. The molecule has 6 aromatic heterocycles. The first-order valence-corrected chi connectivity index (χ1v) is 19.4. The maximum absolute atomic E-state index is 13.6. The molecular weight excluding hydrogens is 849 g/mol. The number of hydrogen-bond acceptors (Lipinski definition) is 12. The number of aromatic amines is 2. The predicted octanol–water partition coefficient (Wildman–Crippen LogP) is 10.6. The molecule has 2 aromatic carbocycles. The Morgan fingerprint density at radius 2 is 1.12 bits per heavy atom. The molecule has 0 aliphatic rings. The van der Waals surface area contributed by atoms with Gasteiger partial charge in [0.1, 0.15) is 30.6 Å². The van der Waals surface area contributed by atoms with Crippen molar-refractivity contribution in [3.8, 4) is 76.7 Å². The summed E-state index contributed by atoms with van der Waals surface area (Å²) in [5.74, 6) is 1.13. The zero-order valence-corrected chi connectivity index (χ0v) is 34.1. The molecule has 12 nitrogen and oxygen atoms in total. The molecule has 0 amide bonds. The number of anilines is 1. The van der Waals surface area contributed by atoms with Crippen LogP contribution in [-0.2, 0) is 0 Å². The van der Waals surface area contributed by atoms with E-state index in [1.165, 1.54) is 54.6 Å². The van der Waals surface area contributed by atoms with E-state index in [0.29, 0.717) is 86.3 Å². The lowest BCUT2D eigenvalue weighted by Crippen LogP contribution is -1.92. The first kappa shape index (κ1) is 40.9. The molecule has 0 bridgehead atoms. The number of nitriles is 2. The lowest BCUT2D eigenvalue weighted by atomic mass is 9.98. The average Bonchev–Trinajstić information content (AvgIpc) is 4.05. The SMILES string of the molecule is CN.CNc1cc(-c2sc(-c3ncn[nH]3)c(-c3ccc(Cl)cc3Cl)c2C#N)ccn1.N#Cc1c(-c2ccnc(F)c2)sc(-c2ncn[nH]2)c1-c1ccc(Cl)cc1Cl. The van der Waals surface area contributed by atoms with Crippen molar-refractivity contribution in [1.82, 2.24) is 40.3 Å². The first-order chi connectivity index (χ1) is 27.7. The molecular formula is C38H25Cl4FN12S2. The zero-order valence-electron chi connectivity index (χ0n) is 29.4. The lowest BCUT2D eigenvalue weighted by Gasteiger charge is -2.07. The second-order valence-corrected chi connectivity index (χ2v) is 14.9. The Morgan fingerprint density at radius 1 is 0.649 bits per heavy atom. The highest BCUT2D eigenvalue weighted by molar-refractivity contribution is 7.20. The predicted molar refractivity (Wildman–Crippen MR) is 226 cm³/mol. The van der Waals surface area contributed by atoms with Crippen molar-refractivity contribution in [1.29, 1.82) is 10.5 Å². The second kappa shape index (κ2) is 18.5. The van der Waals surface area contributed by atoms with Crippen LogP contribution in [0.4, 0.5) is 10.2 Å². The van der Waals surface area contributed by atoms with Crippen molar-refractivity contribution >= 4 is 74.9 Å². The molecule has 0 aliphatic heterocycles. The summed E-state index contributed by atoms with van der Waals surface area (Å²) < 4.78 is 13.6. The van der Waals surface area contributed by atoms with Gasteiger partial charge in [0, 0.05) is 67.9 Å². The number of pyridine rings is 2. The summed E-state index contributed by atoms with van der Waals surface area (Å²) in [5, 5.41) is 38.3. The van der Waals surface area contributed by atoms with Gasteiger partial charge < -0.3 is 11.1 Å². The Bertz CT molecular complexity index is 2760. The van der Waals surface area contributed by atoms with Gasteiger partial charge >= 0.3 is 0 Å². The van der Waals surface area contributed by atoms with Crippen LogP contribution in [0.5, 0.6) is 0 Å². The van der Waals surface area contributed by atoms with Crippen LogP contribution in [0.1, 0.15) is 11.1 Å². The molecule has 0 saturated heterocycles. The molecule has 0 aliphatic carbocycles. The van der Waals surface area contributed by atoms with E-state index >= 15 is 0 Å². The molecule has 6 heterocycles. The van der Waals surface area contributed by atoms with Crippen molar-refractivity contribution in [2.45, 2.75) is 0 Å². The van der Waals surface area contributed by atoms with E-state index in [-0.39, 0.29) is 0 Å². The molecule has 0 saturated carbocycles. The summed E-state index contributed by atoms with van der Waals surface area (Å²) in [6.45, 7) is 0. The third kappa shape index (κ3) is 8.66. The smallest absolute Gasteiger partial charge is 0.213 e. The molecule has 284 valence electrons. The molecule has 8 aromatic rings. The van der Waals surface area contributed by atoms with Crippen molar-refractivity contribution in [2.24, 2.45) is 5.73 Å². The van der Waals surface area contributed by atoms with E-state index in [4.69, 9.17) is 46.4 Å². The molecule has 5 N–H and O–H groups in total. The van der Waals surface area contributed by atoms with Crippen molar-refractivity contribution < 1.29 is 4.39 Å². The molecule has 8 rings (SSSR count). The van der Waals surface area contributed by atoms with Crippen LogP contribution in [0.15, 0.2) is 85.7 Å². The van der Waals surface area contributed by atoms with Gasteiger partial charge in [-0.15, -0.1) is 22.7 Å². The Balaban J connectivity index is 0.000000185. The Labute approximate surface area is 352 Å². The molecule has 0 radical (unpaired) electrons. The van der Waals surface area contributed by atoms with Crippen LogP contribution in [0.25, 0.3) is 64.5 Å². The third-order valence-corrected chi connectivity index (χ3v) is 11.6. The van der Waals surface area contributed by atoms with E-state index in [9.17, 15) is 14.9 Å². The van der Waals surface area contributed by atoms with Crippen LogP contribution in [0.2, 0.25) is 20.1 Å². The van der Waals surface area contributed by atoms with Gasteiger partial charge in [-0.3, -0.25) is 10.2 Å². The fraction of sp³-hybridized carbons (Fsp3) is 0.0526. The summed E-state index contributed by atoms with van der Waals surface area (Å²) in [7, 11) is 3.30. The van der Waals surface area contributed by atoms with Gasteiger partial charge in [-0.25, -0.2) is 19.9 Å². The Kier molecular flexibility index (Phi) is 13.2. The normalized spacial score (nSPS) is 10.4. The maximum Gasteiger partial charge on any atom is 0.213 e. The molecule has 0 spiro atoms. The quantitative estimate of drug-likeness (QED) is 0.112. The number of halogens is 5. The number of nitrogens with two attached hydrogens (primary N) is 1. The van der Waals surface area contributed by atoms with Gasteiger partial charge in [0.15, 0.2) is 11.6 Å². The summed E-state index contributed by atoms with van der Waals surface area (Å²) >= 11 is 27.7. The monoisotopic (exact) mass is 872 g/mol. The molecule has 0 fully saturated rings. The Hall–Kier alpha value is -5.75. The maximum atomic E-state index is 13.6. The molecule has 57 heavy (non-hydrogen) atoms. The third-order valence-electron chi connectivity index (χ3n) is 7.97. The number of aromatic nitrogens is 8. The van der Waals surface area contributed by atoms with E-state index in [1.54, 1.807) is 49.6 Å². The molecule has 19 heteroatoms. The average molecular weight is 875 g/mol. The lowest BCUT2D eigenvalue weighted by molar-refractivity contribution is 0.584. The van der Waals surface area contributed by atoms with Crippen LogP contribution < -0.4 is 11.1 Å². The number of nitrogens with zero attached hydrogens (tertiary/aromatic N) is 8. The van der Waals surface area contributed by atoms with Crippen molar-refractivity contribution in [3.63, 3.8) is 0 Å². The number of rotatable bonds is 7. The minimum atomic E-state index is -0.628. The number of hydrogen-bond donors (Lipinski definition) is 4. The minimum Gasteiger partial charge on any atom is -0.373 e. The van der Waals surface area contributed by atoms with E-state index in [0.717, 1.165) is 15.3 Å². The van der Waals surface area contributed by atoms with Crippen molar-refractivity contribution in [3.05, 3.63) is 123 Å². The van der Waals surface area contributed by atoms with Gasteiger partial charge in [-0.1, -0.05) is 58.5 Å². The molecule has 0 atom stereocenters. The van der Waals surface area contributed by atoms with Crippen LogP contribution in [-0.4, -0.2) is 54.4 Å².